The summed E-state index contributed by atoms with van der Waals surface area (Å²) in [5.41, 5.74) is 5.12. The van der Waals surface area contributed by atoms with E-state index in [0.29, 0.717) is 12.5 Å². The molecule has 2 aromatic rings. The van der Waals surface area contributed by atoms with E-state index in [2.05, 4.69) is 51.8 Å². The lowest BCUT2D eigenvalue weighted by molar-refractivity contribution is -0.140. The van der Waals surface area contributed by atoms with Gasteiger partial charge < -0.3 is 4.90 Å². The number of hydrogen-bond donors (Lipinski definition) is 1. The van der Waals surface area contributed by atoms with E-state index in [9.17, 15) is 4.79 Å². The molecule has 140 valence electrons. The number of nitrogens with one attached hydrogen (secondary N) is 1. The monoisotopic (exact) mass is 373 g/mol. The van der Waals surface area contributed by atoms with E-state index in [4.69, 9.17) is 0 Å². The van der Waals surface area contributed by atoms with Gasteiger partial charge in [0.25, 0.3) is 0 Å². The Kier molecular flexibility index (Phi) is 4.61. The minimum absolute atomic E-state index is 0.0485. The highest BCUT2D eigenvalue weighted by Gasteiger charge is 2.40. The number of amides is 1. The van der Waals surface area contributed by atoms with Crippen LogP contribution >= 0.6 is 11.3 Å². The Morgan fingerprint density at radius 1 is 1.27 bits per heavy atom. The molecule has 0 aliphatic carbocycles. The standard InChI is InChI=1S/C19H27N5OS/c1-19(2,3)17-6-14(21-22-17)8-23-7-13-4-5-16(10-23)24(18(13)25)9-15-11-26-12-20-15/h6,11-13,16H,4-5,7-10H2,1-3H3,(H,21,22)/t13-,16+/m1/s1. The Bertz CT molecular complexity index is 763. The van der Waals surface area contributed by atoms with Gasteiger partial charge in [-0.2, -0.15) is 5.10 Å². The molecule has 1 amide bonds. The zero-order valence-corrected chi connectivity index (χ0v) is 16.6. The molecule has 3 fully saturated rings. The lowest BCUT2D eigenvalue weighted by Crippen LogP contribution is -2.47. The lowest BCUT2D eigenvalue weighted by atomic mass is 9.92. The maximum absolute atomic E-state index is 12.9. The highest BCUT2D eigenvalue weighted by molar-refractivity contribution is 7.07. The summed E-state index contributed by atoms with van der Waals surface area (Å²) >= 11 is 1.59. The van der Waals surface area contributed by atoms with Crippen molar-refractivity contribution in [3.05, 3.63) is 34.0 Å². The Hall–Kier alpha value is -1.73. The molecule has 3 aliphatic rings. The van der Waals surface area contributed by atoms with E-state index in [1.54, 1.807) is 11.3 Å². The molecule has 0 unspecified atom stereocenters. The van der Waals surface area contributed by atoms with E-state index in [0.717, 1.165) is 49.6 Å². The molecule has 2 aromatic heterocycles. The van der Waals surface area contributed by atoms with E-state index < -0.39 is 0 Å². The minimum atomic E-state index is 0.0485. The van der Waals surface area contributed by atoms with Gasteiger partial charge in [-0.1, -0.05) is 20.8 Å². The maximum Gasteiger partial charge on any atom is 0.227 e. The van der Waals surface area contributed by atoms with Crippen molar-refractivity contribution in [2.45, 2.75) is 58.2 Å². The van der Waals surface area contributed by atoms with Crippen LogP contribution in [0, 0.1) is 5.92 Å². The van der Waals surface area contributed by atoms with E-state index >= 15 is 0 Å². The zero-order valence-electron chi connectivity index (χ0n) is 15.7. The predicted octanol–water partition coefficient (Wildman–Crippen LogP) is 2.79. The maximum atomic E-state index is 12.9. The average molecular weight is 374 g/mol. The molecule has 6 nitrogen and oxygen atoms in total. The molecule has 3 aliphatic heterocycles. The number of piperidine rings is 1. The fourth-order valence-corrected chi connectivity index (χ4v) is 4.57. The van der Waals surface area contributed by atoms with Gasteiger partial charge in [0.05, 0.1) is 29.4 Å². The van der Waals surface area contributed by atoms with Crippen molar-refractivity contribution >= 4 is 17.2 Å². The molecule has 5 heterocycles. The van der Waals surface area contributed by atoms with Crippen LogP contribution in [0.2, 0.25) is 0 Å². The first-order valence-corrected chi connectivity index (χ1v) is 10.3. The first kappa shape index (κ1) is 17.7. The molecule has 0 aromatic carbocycles. The molecule has 3 saturated heterocycles. The number of hydrogen-bond acceptors (Lipinski definition) is 5. The fraction of sp³-hybridized carbons (Fsp3) is 0.632. The van der Waals surface area contributed by atoms with Crippen LogP contribution in [0.1, 0.15) is 50.7 Å². The molecule has 0 spiro atoms. The van der Waals surface area contributed by atoms with Gasteiger partial charge in [0.1, 0.15) is 0 Å². The second kappa shape index (κ2) is 6.78. The van der Waals surface area contributed by atoms with Gasteiger partial charge in [-0.05, 0) is 18.9 Å². The summed E-state index contributed by atoms with van der Waals surface area (Å²) < 4.78 is 0. The number of aromatic nitrogens is 3. The Balaban J connectivity index is 1.47. The van der Waals surface area contributed by atoms with Crippen LogP contribution in [0.4, 0.5) is 0 Å². The zero-order chi connectivity index (χ0) is 18.3. The topological polar surface area (TPSA) is 65.1 Å². The summed E-state index contributed by atoms with van der Waals surface area (Å²) in [7, 11) is 0. The quantitative estimate of drug-likeness (QED) is 0.895. The summed E-state index contributed by atoms with van der Waals surface area (Å²) in [6.07, 6.45) is 2.09. The van der Waals surface area contributed by atoms with Crippen molar-refractivity contribution in [2.75, 3.05) is 13.1 Å². The van der Waals surface area contributed by atoms with Crippen LogP contribution in [0.15, 0.2) is 17.0 Å². The van der Waals surface area contributed by atoms with Crippen molar-refractivity contribution in [1.82, 2.24) is 25.0 Å². The summed E-state index contributed by atoms with van der Waals surface area (Å²) in [5.74, 6) is 0.411. The van der Waals surface area contributed by atoms with Crippen LogP contribution in [0.5, 0.6) is 0 Å². The first-order valence-electron chi connectivity index (χ1n) is 9.35. The molecule has 26 heavy (non-hydrogen) atoms. The summed E-state index contributed by atoms with van der Waals surface area (Å²) in [6, 6.07) is 2.45. The molecule has 2 bridgehead atoms. The van der Waals surface area contributed by atoms with Crippen molar-refractivity contribution < 1.29 is 4.79 Å². The van der Waals surface area contributed by atoms with Gasteiger partial charge in [0.15, 0.2) is 0 Å². The second-order valence-electron chi connectivity index (χ2n) is 8.60. The number of rotatable bonds is 4. The van der Waals surface area contributed by atoms with Gasteiger partial charge in [-0.3, -0.25) is 14.8 Å². The number of aromatic amines is 1. The molecular formula is C19H27N5OS. The number of H-pyrrole nitrogens is 1. The highest BCUT2D eigenvalue weighted by Crippen LogP contribution is 2.31. The third kappa shape index (κ3) is 3.55. The lowest BCUT2D eigenvalue weighted by Gasteiger charge is -2.35. The first-order chi connectivity index (χ1) is 12.4. The largest absolute Gasteiger partial charge is 0.332 e. The predicted molar refractivity (Wildman–Crippen MR) is 102 cm³/mol. The van der Waals surface area contributed by atoms with Crippen molar-refractivity contribution in [1.29, 1.82) is 0 Å². The van der Waals surface area contributed by atoms with Crippen molar-refractivity contribution in [2.24, 2.45) is 5.92 Å². The normalized spacial score (nSPS) is 24.3. The minimum Gasteiger partial charge on any atom is -0.332 e. The second-order valence-corrected chi connectivity index (χ2v) is 9.32. The van der Waals surface area contributed by atoms with Crippen LogP contribution in [-0.2, 0) is 23.3 Å². The SMILES string of the molecule is CC(C)(C)c1cc(CN2C[C@H]3CC[C@@H](C2)N(Cc2cscn2)C3=O)[nH]n1. The van der Waals surface area contributed by atoms with Gasteiger partial charge in [-0.15, -0.1) is 11.3 Å². The Morgan fingerprint density at radius 3 is 2.81 bits per heavy atom. The Morgan fingerprint density at radius 2 is 2.12 bits per heavy atom. The molecule has 1 N–H and O–H groups in total. The molecule has 0 radical (unpaired) electrons. The fourth-order valence-electron chi connectivity index (χ4n) is 4.02. The third-order valence-electron chi connectivity index (χ3n) is 5.48. The van der Waals surface area contributed by atoms with Crippen molar-refractivity contribution in [3.8, 4) is 0 Å². The van der Waals surface area contributed by atoms with Gasteiger partial charge in [0.2, 0.25) is 5.91 Å². The van der Waals surface area contributed by atoms with E-state index in [1.807, 2.05) is 10.9 Å². The number of fused-ring (bicyclic) bond motifs is 4. The number of thiazole rings is 1. The number of carbonyl (C=O) groups is 1. The third-order valence-corrected chi connectivity index (χ3v) is 6.11. The van der Waals surface area contributed by atoms with Crippen LogP contribution in [0.25, 0.3) is 0 Å². The van der Waals surface area contributed by atoms with E-state index in [-0.39, 0.29) is 17.4 Å². The summed E-state index contributed by atoms with van der Waals surface area (Å²) in [5, 5.41) is 9.71. The van der Waals surface area contributed by atoms with Gasteiger partial charge in [0, 0.05) is 42.2 Å². The molecular weight excluding hydrogens is 346 g/mol. The average Bonchev–Trinajstić information content (AvgIpc) is 3.18. The highest BCUT2D eigenvalue weighted by atomic mass is 32.1. The van der Waals surface area contributed by atoms with Crippen LogP contribution < -0.4 is 0 Å². The van der Waals surface area contributed by atoms with Crippen LogP contribution in [0.3, 0.4) is 0 Å². The van der Waals surface area contributed by atoms with Crippen LogP contribution in [-0.4, -0.2) is 50.0 Å². The van der Waals surface area contributed by atoms with E-state index in [1.165, 1.54) is 0 Å². The number of nitrogens with zero attached hydrogens (tertiary/aromatic N) is 4. The molecule has 2 atom stereocenters. The van der Waals surface area contributed by atoms with Crippen molar-refractivity contribution in [3.63, 3.8) is 0 Å². The smallest absolute Gasteiger partial charge is 0.227 e. The molecule has 7 heteroatoms. The van der Waals surface area contributed by atoms with Gasteiger partial charge >= 0.3 is 0 Å². The summed E-state index contributed by atoms with van der Waals surface area (Å²) in [4.78, 5) is 21.8. The number of carbonyl (C=O) groups excluding carboxylic acids is 1. The molecule has 5 rings (SSSR count). The Labute approximate surface area is 158 Å². The van der Waals surface area contributed by atoms with Gasteiger partial charge in [-0.25, -0.2) is 4.98 Å². The molecule has 0 saturated carbocycles. The summed E-state index contributed by atoms with van der Waals surface area (Å²) in [6.45, 7) is 9.77.